The molecule has 184 valence electrons. The van der Waals surface area contributed by atoms with Crippen molar-refractivity contribution in [1.29, 1.82) is 0 Å². The highest BCUT2D eigenvalue weighted by Crippen LogP contribution is 2.27. The Labute approximate surface area is 198 Å². The van der Waals surface area contributed by atoms with E-state index in [1.165, 1.54) is 18.4 Å². The Kier molecular flexibility index (Phi) is 7.06. The maximum absolute atomic E-state index is 12.9. The second kappa shape index (κ2) is 9.05. The van der Waals surface area contributed by atoms with Crippen LogP contribution in [0, 0.1) is 0 Å². The highest BCUT2D eigenvalue weighted by Gasteiger charge is 2.34. The summed E-state index contributed by atoms with van der Waals surface area (Å²) in [7, 11) is -2.31. The summed E-state index contributed by atoms with van der Waals surface area (Å²) in [6.07, 6.45) is 0.214. The first-order chi connectivity index (χ1) is 15.1. The van der Waals surface area contributed by atoms with Crippen molar-refractivity contribution in [2.75, 3.05) is 33.9 Å². The summed E-state index contributed by atoms with van der Waals surface area (Å²) in [6, 6.07) is 5.03. The zero-order valence-electron chi connectivity index (χ0n) is 21.0. The van der Waals surface area contributed by atoms with E-state index in [9.17, 15) is 13.2 Å². The lowest BCUT2D eigenvalue weighted by atomic mass is 10.0. The van der Waals surface area contributed by atoms with Crippen LogP contribution in [0.4, 0.5) is 4.79 Å². The molecule has 0 unspecified atom stereocenters. The van der Waals surface area contributed by atoms with Gasteiger partial charge in [0.1, 0.15) is 5.60 Å². The van der Waals surface area contributed by atoms with Crippen LogP contribution in [0.5, 0.6) is 0 Å². The number of H-pyrrole nitrogens is 1. The van der Waals surface area contributed by atoms with E-state index in [0.29, 0.717) is 26.2 Å². The molecule has 3 rings (SSSR count). The third-order valence-corrected chi connectivity index (χ3v) is 9.44. The standard InChI is InChI=1S/C23H37N3O5SSi/c1-23(2,3)31-22(27)26-11-12-30-15-16(26)13-19-18-14-17(32(28,29)25(4)5)9-10-20(18)24-21(19)33(6,7)8/h9-10,14,16,24H,11-13,15H2,1-8H3/t16-/m0/s1. The maximum atomic E-state index is 12.9. The van der Waals surface area contributed by atoms with Crippen LogP contribution in [0.25, 0.3) is 10.9 Å². The topological polar surface area (TPSA) is 91.9 Å². The summed E-state index contributed by atoms with van der Waals surface area (Å²) in [4.78, 5) is 18.5. The van der Waals surface area contributed by atoms with Gasteiger partial charge in [0.2, 0.25) is 10.0 Å². The molecule has 8 nitrogen and oxygen atoms in total. The zero-order valence-corrected chi connectivity index (χ0v) is 22.8. The fourth-order valence-corrected chi connectivity index (χ4v) is 6.65. The number of nitrogens with zero attached hydrogens (tertiary/aromatic N) is 2. The predicted molar refractivity (Wildman–Crippen MR) is 133 cm³/mol. The SMILES string of the molecule is CN(C)S(=O)(=O)c1ccc2[nH]c([Si](C)(C)C)c(C[C@H]3COCCN3C(=O)OC(C)(C)C)c2c1. The number of amides is 1. The Bertz CT molecular complexity index is 1130. The van der Waals surface area contributed by atoms with Crippen LogP contribution in [0.1, 0.15) is 26.3 Å². The van der Waals surface area contributed by atoms with Crippen LogP contribution in [-0.4, -0.2) is 82.3 Å². The lowest BCUT2D eigenvalue weighted by Crippen LogP contribution is -2.52. The van der Waals surface area contributed by atoms with Crippen molar-refractivity contribution in [3.05, 3.63) is 23.8 Å². The van der Waals surface area contributed by atoms with Gasteiger partial charge in [0.25, 0.3) is 0 Å². The van der Waals surface area contributed by atoms with E-state index in [2.05, 4.69) is 24.6 Å². The molecule has 0 aliphatic carbocycles. The number of morpholine rings is 1. The second-order valence-corrected chi connectivity index (χ2v) is 18.0. The Morgan fingerprint density at radius 3 is 2.52 bits per heavy atom. The molecule has 1 aromatic carbocycles. The molecule has 1 fully saturated rings. The summed E-state index contributed by atoms with van der Waals surface area (Å²) in [5.41, 5.74) is 1.38. The van der Waals surface area contributed by atoms with Crippen molar-refractivity contribution in [1.82, 2.24) is 14.2 Å². The molecule has 1 aliphatic rings. The van der Waals surface area contributed by atoms with Crippen LogP contribution >= 0.6 is 0 Å². The van der Waals surface area contributed by atoms with Crippen molar-refractivity contribution < 1.29 is 22.7 Å². The third kappa shape index (κ3) is 5.62. The highest BCUT2D eigenvalue weighted by molar-refractivity contribution is 7.89. The molecule has 33 heavy (non-hydrogen) atoms. The summed E-state index contributed by atoms with van der Waals surface area (Å²) < 4.78 is 38.2. The van der Waals surface area contributed by atoms with E-state index >= 15 is 0 Å². The fraction of sp³-hybridized carbons (Fsp3) is 0.609. The van der Waals surface area contributed by atoms with Gasteiger partial charge >= 0.3 is 6.09 Å². The molecular weight excluding hydrogens is 458 g/mol. The van der Waals surface area contributed by atoms with Crippen molar-refractivity contribution in [3.63, 3.8) is 0 Å². The van der Waals surface area contributed by atoms with E-state index in [1.807, 2.05) is 26.8 Å². The van der Waals surface area contributed by atoms with E-state index in [1.54, 1.807) is 17.0 Å². The normalized spacial score (nSPS) is 18.2. The average molecular weight is 496 g/mol. The van der Waals surface area contributed by atoms with Gasteiger partial charge in [-0.2, -0.15) is 0 Å². The molecule has 1 aliphatic heterocycles. The zero-order chi connectivity index (χ0) is 24.8. The number of carbonyl (C=O) groups excluding carboxylic acids is 1. The first-order valence-corrected chi connectivity index (χ1v) is 16.2. The Balaban J connectivity index is 2.08. The van der Waals surface area contributed by atoms with Crippen molar-refractivity contribution in [2.45, 2.75) is 63.4 Å². The van der Waals surface area contributed by atoms with Gasteiger partial charge in [0, 0.05) is 36.9 Å². The van der Waals surface area contributed by atoms with Crippen molar-refractivity contribution >= 4 is 40.4 Å². The number of hydrogen-bond donors (Lipinski definition) is 1. The third-order valence-electron chi connectivity index (χ3n) is 5.70. The van der Waals surface area contributed by atoms with Gasteiger partial charge in [-0.3, -0.25) is 0 Å². The van der Waals surface area contributed by atoms with Crippen molar-refractivity contribution in [2.24, 2.45) is 0 Å². The van der Waals surface area contributed by atoms with E-state index in [4.69, 9.17) is 9.47 Å². The molecule has 0 radical (unpaired) electrons. The van der Waals surface area contributed by atoms with Crippen LogP contribution in [0.2, 0.25) is 19.6 Å². The van der Waals surface area contributed by atoms with Gasteiger partial charge in [0.05, 0.1) is 32.2 Å². The molecule has 0 saturated carbocycles. The van der Waals surface area contributed by atoms with Gasteiger partial charge in [-0.25, -0.2) is 17.5 Å². The summed E-state index contributed by atoms with van der Waals surface area (Å²) >= 11 is 0. The fourth-order valence-electron chi connectivity index (χ4n) is 4.07. The molecule has 1 N–H and O–H groups in total. The van der Waals surface area contributed by atoms with Crippen molar-refractivity contribution in [3.8, 4) is 0 Å². The number of benzene rings is 1. The summed E-state index contributed by atoms with van der Waals surface area (Å²) in [5.74, 6) is 0. The summed E-state index contributed by atoms with van der Waals surface area (Å²) in [6.45, 7) is 13.7. The first kappa shape index (κ1) is 25.7. The number of sulfonamides is 1. The molecule has 2 heterocycles. The Morgan fingerprint density at radius 2 is 1.94 bits per heavy atom. The molecule has 0 spiro atoms. The molecule has 1 amide bonds. The van der Waals surface area contributed by atoms with Gasteiger partial charge in [-0.05, 0) is 51.0 Å². The second-order valence-electron chi connectivity index (χ2n) is 10.8. The largest absolute Gasteiger partial charge is 0.444 e. The number of fused-ring (bicyclic) bond motifs is 1. The summed E-state index contributed by atoms with van der Waals surface area (Å²) in [5, 5.41) is 2.04. The predicted octanol–water partition coefficient (Wildman–Crippen LogP) is 3.14. The first-order valence-electron chi connectivity index (χ1n) is 11.3. The molecule has 0 bridgehead atoms. The maximum Gasteiger partial charge on any atom is 0.410 e. The van der Waals surface area contributed by atoms with E-state index in [0.717, 1.165) is 21.8 Å². The minimum atomic E-state index is -3.57. The van der Waals surface area contributed by atoms with Gasteiger partial charge in [-0.15, -0.1) is 0 Å². The lowest BCUT2D eigenvalue weighted by Gasteiger charge is -2.37. The van der Waals surface area contributed by atoms with Gasteiger partial charge in [0.15, 0.2) is 0 Å². The number of ether oxygens (including phenoxy) is 2. The molecule has 1 saturated heterocycles. The minimum Gasteiger partial charge on any atom is -0.444 e. The van der Waals surface area contributed by atoms with Gasteiger partial charge in [-0.1, -0.05) is 19.6 Å². The molecule has 2 aromatic rings. The lowest BCUT2D eigenvalue weighted by molar-refractivity contribution is -0.0318. The van der Waals surface area contributed by atoms with Crippen LogP contribution in [0.15, 0.2) is 23.1 Å². The minimum absolute atomic E-state index is 0.197. The molecular formula is C23H37N3O5SSi. The number of aromatic nitrogens is 1. The average Bonchev–Trinajstić information content (AvgIpc) is 3.05. The molecule has 1 atom stereocenters. The number of hydrogen-bond acceptors (Lipinski definition) is 5. The van der Waals surface area contributed by atoms with Gasteiger partial charge < -0.3 is 19.4 Å². The molecule has 1 aromatic heterocycles. The van der Waals surface area contributed by atoms with Crippen LogP contribution in [-0.2, 0) is 25.9 Å². The number of aromatic amines is 1. The van der Waals surface area contributed by atoms with Crippen LogP contribution < -0.4 is 5.32 Å². The van der Waals surface area contributed by atoms with E-state index in [-0.39, 0.29) is 17.0 Å². The monoisotopic (exact) mass is 495 g/mol. The quantitative estimate of drug-likeness (QED) is 0.644. The highest BCUT2D eigenvalue weighted by atomic mass is 32.2. The Hall–Kier alpha value is -1.88. The number of rotatable bonds is 5. The smallest absolute Gasteiger partial charge is 0.410 e. The van der Waals surface area contributed by atoms with Crippen LogP contribution in [0.3, 0.4) is 0 Å². The van der Waals surface area contributed by atoms with E-state index < -0.39 is 23.7 Å². The molecule has 10 heteroatoms. The number of carbonyl (C=O) groups is 1. The Morgan fingerprint density at radius 1 is 1.27 bits per heavy atom. The number of nitrogens with one attached hydrogen (secondary N) is 1.